The van der Waals surface area contributed by atoms with Crippen LogP contribution in [0.3, 0.4) is 0 Å². The first kappa shape index (κ1) is 20.8. The standard InChI is InChI=1S/C18H17ClN4O5S/c1-28-17(25)15(10-11-2-8-14(24)9-3-11)23-29(26,27)18-20-16(21-22-18)12-4-6-13(19)7-5-12/h2-9,15,23-24H,10H2,1H3,(H,20,21,22). The smallest absolute Gasteiger partial charge is 0.324 e. The molecule has 3 N–H and O–H groups in total. The van der Waals surface area contributed by atoms with Gasteiger partial charge in [0.15, 0.2) is 5.82 Å². The van der Waals surface area contributed by atoms with E-state index in [0.29, 0.717) is 16.1 Å². The molecule has 0 bridgehead atoms. The molecule has 1 aromatic heterocycles. The predicted octanol–water partition coefficient (Wildman–Crippen LogP) is 1.89. The fraction of sp³-hybridized carbons (Fsp3) is 0.167. The van der Waals surface area contributed by atoms with E-state index in [-0.39, 0.29) is 18.0 Å². The number of carbonyl (C=O) groups excluding carboxylic acids is 1. The minimum absolute atomic E-state index is 0.0182. The second-order valence-corrected chi connectivity index (χ2v) is 8.10. The highest BCUT2D eigenvalue weighted by Crippen LogP contribution is 2.19. The number of methoxy groups -OCH3 is 1. The summed E-state index contributed by atoms with van der Waals surface area (Å²) in [6, 6.07) is 11.4. The molecule has 3 rings (SSSR count). The third-order valence-corrected chi connectivity index (χ3v) is 5.52. The molecule has 3 aromatic rings. The van der Waals surface area contributed by atoms with Crippen LogP contribution in [0.2, 0.25) is 5.02 Å². The average Bonchev–Trinajstić information content (AvgIpc) is 3.20. The van der Waals surface area contributed by atoms with Crippen LogP contribution in [0.5, 0.6) is 5.75 Å². The molecule has 0 fully saturated rings. The van der Waals surface area contributed by atoms with Crippen molar-refractivity contribution < 1.29 is 23.1 Å². The highest BCUT2D eigenvalue weighted by molar-refractivity contribution is 7.89. The second-order valence-electron chi connectivity index (χ2n) is 6.04. The molecule has 0 saturated carbocycles. The van der Waals surface area contributed by atoms with Crippen LogP contribution in [-0.2, 0) is 26.0 Å². The maximum atomic E-state index is 12.7. The SMILES string of the molecule is COC(=O)C(Cc1ccc(O)cc1)NS(=O)(=O)c1nc(-c2ccc(Cl)cc2)n[nH]1. The Morgan fingerprint density at radius 2 is 1.86 bits per heavy atom. The van der Waals surface area contributed by atoms with E-state index in [2.05, 4.69) is 19.9 Å². The average molecular weight is 437 g/mol. The molecule has 1 unspecified atom stereocenters. The van der Waals surface area contributed by atoms with Crippen molar-refractivity contribution in [3.8, 4) is 17.1 Å². The summed E-state index contributed by atoms with van der Waals surface area (Å²) in [5.41, 5.74) is 1.20. The van der Waals surface area contributed by atoms with Gasteiger partial charge in [0.2, 0.25) is 0 Å². The number of hydrogen-bond acceptors (Lipinski definition) is 7. The van der Waals surface area contributed by atoms with Gasteiger partial charge in [-0.05, 0) is 48.4 Å². The normalized spacial score (nSPS) is 12.5. The zero-order valence-corrected chi connectivity index (χ0v) is 16.7. The molecule has 0 aliphatic rings. The Morgan fingerprint density at radius 3 is 2.48 bits per heavy atom. The first-order valence-electron chi connectivity index (χ1n) is 8.35. The Kier molecular flexibility index (Phi) is 6.16. The lowest BCUT2D eigenvalue weighted by molar-refractivity contribution is -0.142. The van der Waals surface area contributed by atoms with Gasteiger partial charge >= 0.3 is 5.97 Å². The number of esters is 1. The van der Waals surface area contributed by atoms with Crippen LogP contribution in [0.1, 0.15) is 5.56 Å². The molecule has 0 aliphatic carbocycles. The van der Waals surface area contributed by atoms with Crippen molar-refractivity contribution in [1.29, 1.82) is 0 Å². The predicted molar refractivity (Wildman–Crippen MR) is 105 cm³/mol. The Labute approximate surface area is 171 Å². The van der Waals surface area contributed by atoms with Gasteiger partial charge in [-0.15, -0.1) is 0 Å². The molecule has 0 radical (unpaired) electrons. The maximum absolute atomic E-state index is 12.7. The van der Waals surface area contributed by atoms with Gasteiger partial charge in [0, 0.05) is 10.6 Å². The molecular formula is C18H17ClN4O5S. The van der Waals surface area contributed by atoms with Crippen LogP contribution < -0.4 is 4.72 Å². The van der Waals surface area contributed by atoms with Crippen LogP contribution in [-0.4, -0.2) is 47.8 Å². The highest BCUT2D eigenvalue weighted by atomic mass is 35.5. The molecule has 9 nitrogen and oxygen atoms in total. The van der Waals surface area contributed by atoms with E-state index in [4.69, 9.17) is 16.3 Å². The lowest BCUT2D eigenvalue weighted by Gasteiger charge is -2.15. The van der Waals surface area contributed by atoms with E-state index in [1.54, 1.807) is 36.4 Å². The van der Waals surface area contributed by atoms with Crippen molar-refractivity contribution in [3.05, 3.63) is 59.1 Å². The number of aromatic amines is 1. The third-order valence-electron chi connectivity index (χ3n) is 3.98. The van der Waals surface area contributed by atoms with E-state index >= 15 is 0 Å². The molecule has 1 heterocycles. The summed E-state index contributed by atoms with van der Waals surface area (Å²) in [7, 11) is -3.03. The van der Waals surface area contributed by atoms with Crippen molar-refractivity contribution in [2.45, 2.75) is 17.6 Å². The molecular weight excluding hydrogens is 420 g/mol. The van der Waals surface area contributed by atoms with E-state index in [1.807, 2.05) is 0 Å². The summed E-state index contributed by atoms with van der Waals surface area (Å²) < 4.78 is 32.4. The molecule has 152 valence electrons. The summed E-state index contributed by atoms with van der Waals surface area (Å²) >= 11 is 5.84. The van der Waals surface area contributed by atoms with Crippen LogP contribution in [0, 0.1) is 0 Å². The van der Waals surface area contributed by atoms with Gasteiger partial charge in [-0.2, -0.15) is 14.8 Å². The van der Waals surface area contributed by atoms with Crippen molar-refractivity contribution in [1.82, 2.24) is 19.9 Å². The number of phenols is 1. The zero-order valence-electron chi connectivity index (χ0n) is 15.2. The topological polar surface area (TPSA) is 134 Å². The van der Waals surface area contributed by atoms with Crippen molar-refractivity contribution >= 4 is 27.6 Å². The maximum Gasteiger partial charge on any atom is 0.324 e. The number of ether oxygens (including phenoxy) is 1. The molecule has 0 amide bonds. The van der Waals surface area contributed by atoms with Gasteiger partial charge in [0.1, 0.15) is 11.8 Å². The van der Waals surface area contributed by atoms with Crippen molar-refractivity contribution in [2.75, 3.05) is 7.11 Å². The Bertz CT molecular complexity index is 1100. The molecule has 0 saturated heterocycles. The number of hydrogen-bond donors (Lipinski definition) is 3. The monoisotopic (exact) mass is 436 g/mol. The Hall–Kier alpha value is -2.95. The number of benzene rings is 2. The fourth-order valence-electron chi connectivity index (χ4n) is 2.52. The van der Waals surface area contributed by atoms with Crippen molar-refractivity contribution in [2.24, 2.45) is 0 Å². The van der Waals surface area contributed by atoms with Crippen LogP contribution in [0.4, 0.5) is 0 Å². The molecule has 1 atom stereocenters. The lowest BCUT2D eigenvalue weighted by Crippen LogP contribution is -2.43. The quantitative estimate of drug-likeness (QED) is 0.481. The van der Waals surface area contributed by atoms with Gasteiger partial charge < -0.3 is 9.84 Å². The summed E-state index contributed by atoms with van der Waals surface area (Å²) in [6.45, 7) is 0. The van der Waals surface area contributed by atoms with E-state index < -0.39 is 27.2 Å². The number of H-pyrrole nitrogens is 1. The van der Waals surface area contributed by atoms with Gasteiger partial charge in [-0.3, -0.25) is 4.79 Å². The molecule has 2 aromatic carbocycles. The number of phenolic OH excluding ortho intramolecular Hbond substituents is 1. The zero-order chi connectivity index (χ0) is 21.0. The fourth-order valence-corrected chi connectivity index (χ4v) is 3.69. The number of sulfonamides is 1. The van der Waals surface area contributed by atoms with Crippen LogP contribution in [0.25, 0.3) is 11.4 Å². The van der Waals surface area contributed by atoms with E-state index in [1.165, 1.54) is 12.1 Å². The number of carbonyl (C=O) groups is 1. The molecule has 0 aliphatic heterocycles. The first-order valence-corrected chi connectivity index (χ1v) is 10.2. The second kappa shape index (κ2) is 8.60. The highest BCUT2D eigenvalue weighted by Gasteiger charge is 2.29. The lowest BCUT2D eigenvalue weighted by atomic mass is 10.1. The van der Waals surface area contributed by atoms with Gasteiger partial charge in [-0.25, -0.2) is 13.5 Å². The van der Waals surface area contributed by atoms with Crippen molar-refractivity contribution in [3.63, 3.8) is 0 Å². The summed E-state index contributed by atoms with van der Waals surface area (Å²) in [5, 5.41) is 15.7. The number of aromatic hydroxyl groups is 1. The minimum Gasteiger partial charge on any atom is -0.508 e. The Balaban J connectivity index is 1.82. The van der Waals surface area contributed by atoms with Crippen LogP contribution in [0.15, 0.2) is 53.7 Å². The number of halogens is 1. The summed E-state index contributed by atoms with van der Waals surface area (Å²) in [6.07, 6.45) is 0.0182. The van der Waals surface area contributed by atoms with Crippen LogP contribution >= 0.6 is 11.6 Å². The molecule has 11 heteroatoms. The van der Waals surface area contributed by atoms with Gasteiger partial charge in [-0.1, -0.05) is 23.7 Å². The van der Waals surface area contributed by atoms with Gasteiger partial charge in [0.25, 0.3) is 15.2 Å². The molecule has 0 spiro atoms. The van der Waals surface area contributed by atoms with Gasteiger partial charge in [0.05, 0.1) is 7.11 Å². The number of nitrogens with zero attached hydrogens (tertiary/aromatic N) is 2. The summed E-state index contributed by atoms with van der Waals surface area (Å²) in [4.78, 5) is 16.1. The third kappa shape index (κ3) is 5.11. The molecule has 29 heavy (non-hydrogen) atoms. The van der Waals surface area contributed by atoms with E-state index in [0.717, 1.165) is 7.11 Å². The largest absolute Gasteiger partial charge is 0.508 e. The summed E-state index contributed by atoms with van der Waals surface area (Å²) in [5.74, 6) is -0.547. The Morgan fingerprint density at radius 1 is 1.21 bits per heavy atom. The number of nitrogens with one attached hydrogen (secondary N) is 2. The minimum atomic E-state index is -4.19. The number of rotatable bonds is 7. The number of aromatic nitrogens is 3. The first-order chi connectivity index (χ1) is 13.8. The van der Waals surface area contributed by atoms with E-state index in [9.17, 15) is 18.3 Å².